The molecule has 0 spiro atoms. The van der Waals surface area contributed by atoms with Crippen LogP contribution < -0.4 is 5.56 Å². The summed E-state index contributed by atoms with van der Waals surface area (Å²) in [6, 6.07) is 4.43. The third kappa shape index (κ3) is 2.20. The number of hydrogen-bond donors (Lipinski definition) is 0. The van der Waals surface area contributed by atoms with Crippen LogP contribution in [0.5, 0.6) is 0 Å². The van der Waals surface area contributed by atoms with Gasteiger partial charge in [0.15, 0.2) is 0 Å². The van der Waals surface area contributed by atoms with E-state index in [4.69, 9.17) is 0 Å². The largest absolute Gasteiger partial charge is 0.268 e. The van der Waals surface area contributed by atoms with E-state index >= 15 is 0 Å². The Balaban J connectivity index is 2.96. The van der Waals surface area contributed by atoms with Crippen LogP contribution in [0.4, 0.5) is 4.39 Å². The standard InChI is InChI=1S/C16H15FN2O/c1-4-8-11(5-2)19-14(6-3)18-13-10-7-9-12(17)15(13)16(19)20/h4-5,7-10H,1-2,6H2,3H3/b11-8+. The molecule has 0 unspecified atom stereocenters. The fourth-order valence-electron chi connectivity index (χ4n) is 2.09. The van der Waals surface area contributed by atoms with Gasteiger partial charge in [-0.15, -0.1) is 0 Å². The molecule has 0 saturated carbocycles. The van der Waals surface area contributed by atoms with E-state index < -0.39 is 11.4 Å². The van der Waals surface area contributed by atoms with Crippen LogP contribution in [0, 0.1) is 5.82 Å². The number of fused-ring (bicyclic) bond motifs is 1. The smallest absolute Gasteiger partial charge is 0.268 e. The Bertz CT molecular complexity index is 772. The third-order valence-electron chi connectivity index (χ3n) is 2.99. The molecule has 3 nitrogen and oxygen atoms in total. The van der Waals surface area contributed by atoms with Crippen molar-refractivity contribution in [1.29, 1.82) is 0 Å². The average Bonchev–Trinajstić information content (AvgIpc) is 2.45. The minimum atomic E-state index is -0.571. The Morgan fingerprint density at radius 2 is 2.20 bits per heavy atom. The summed E-state index contributed by atoms with van der Waals surface area (Å²) in [4.78, 5) is 16.9. The maximum Gasteiger partial charge on any atom is 0.268 e. The Kier molecular flexibility index (Phi) is 3.94. The van der Waals surface area contributed by atoms with Gasteiger partial charge in [0.25, 0.3) is 5.56 Å². The van der Waals surface area contributed by atoms with E-state index in [2.05, 4.69) is 18.1 Å². The molecule has 0 N–H and O–H groups in total. The van der Waals surface area contributed by atoms with Gasteiger partial charge in [0.2, 0.25) is 0 Å². The van der Waals surface area contributed by atoms with Crippen molar-refractivity contribution < 1.29 is 4.39 Å². The second-order valence-electron chi connectivity index (χ2n) is 4.19. The Morgan fingerprint density at radius 3 is 2.80 bits per heavy atom. The quantitative estimate of drug-likeness (QED) is 0.799. The van der Waals surface area contributed by atoms with E-state index in [1.165, 1.54) is 16.7 Å². The zero-order valence-electron chi connectivity index (χ0n) is 11.3. The molecule has 0 aliphatic rings. The predicted molar refractivity (Wildman–Crippen MR) is 80.0 cm³/mol. The normalized spacial score (nSPS) is 11.6. The lowest BCUT2D eigenvalue weighted by molar-refractivity contribution is 0.636. The van der Waals surface area contributed by atoms with Crippen LogP contribution in [-0.4, -0.2) is 9.55 Å². The van der Waals surface area contributed by atoms with Gasteiger partial charge in [0.1, 0.15) is 17.0 Å². The molecule has 2 rings (SSSR count). The zero-order chi connectivity index (χ0) is 14.7. The highest BCUT2D eigenvalue weighted by Gasteiger charge is 2.14. The monoisotopic (exact) mass is 270 g/mol. The van der Waals surface area contributed by atoms with E-state index in [0.717, 1.165) is 0 Å². The summed E-state index contributed by atoms with van der Waals surface area (Å²) in [5, 5.41) is -0.0125. The SMILES string of the molecule is C=C/C=C(\C=C)n1c(CC)nc2cccc(F)c2c1=O. The number of rotatable bonds is 4. The number of benzene rings is 1. The molecule has 0 aliphatic heterocycles. The van der Waals surface area contributed by atoms with E-state index in [1.807, 2.05) is 6.92 Å². The predicted octanol–water partition coefficient (Wildman–Crippen LogP) is 3.31. The average molecular weight is 270 g/mol. The molecule has 1 aromatic carbocycles. The Hall–Kier alpha value is -2.49. The molecule has 0 fully saturated rings. The fraction of sp³-hybridized carbons (Fsp3) is 0.125. The molecule has 2 aromatic rings. The van der Waals surface area contributed by atoms with Gasteiger partial charge in [-0.1, -0.05) is 32.2 Å². The lowest BCUT2D eigenvalue weighted by Gasteiger charge is -2.13. The van der Waals surface area contributed by atoms with Gasteiger partial charge < -0.3 is 0 Å². The van der Waals surface area contributed by atoms with Crippen molar-refractivity contribution in [2.75, 3.05) is 0 Å². The highest BCUT2D eigenvalue weighted by molar-refractivity contribution is 5.79. The summed E-state index contributed by atoms with van der Waals surface area (Å²) in [5.74, 6) is -0.0143. The first-order valence-electron chi connectivity index (χ1n) is 6.29. The molecule has 20 heavy (non-hydrogen) atoms. The van der Waals surface area contributed by atoms with Crippen molar-refractivity contribution in [2.24, 2.45) is 0 Å². The molecule has 0 amide bonds. The van der Waals surface area contributed by atoms with Gasteiger partial charge in [0.05, 0.1) is 5.52 Å². The molecule has 102 valence electrons. The van der Waals surface area contributed by atoms with Crippen LogP contribution in [-0.2, 0) is 6.42 Å². The minimum Gasteiger partial charge on any atom is -0.268 e. The zero-order valence-corrected chi connectivity index (χ0v) is 11.3. The third-order valence-corrected chi connectivity index (χ3v) is 2.99. The molecular formula is C16H15FN2O. The molecule has 0 radical (unpaired) electrons. The minimum absolute atomic E-state index is 0.0125. The molecule has 1 heterocycles. The molecule has 4 heteroatoms. The molecule has 0 atom stereocenters. The second-order valence-corrected chi connectivity index (χ2v) is 4.19. The summed E-state index contributed by atoms with van der Waals surface area (Å²) in [6.07, 6.45) is 5.26. The van der Waals surface area contributed by atoms with Crippen molar-refractivity contribution in [1.82, 2.24) is 9.55 Å². The van der Waals surface area contributed by atoms with Crippen LogP contribution in [0.25, 0.3) is 16.6 Å². The molecule has 1 aromatic heterocycles. The second kappa shape index (κ2) is 5.65. The van der Waals surface area contributed by atoms with Crippen molar-refractivity contribution >= 4 is 16.6 Å². The van der Waals surface area contributed by atoms with E-state index in [-0.39, 0.29) is 5.39 Å². The first kappa shape index (κ1) is 13.9. The van der Waals surface area contributed by atoms with E-state index in [0.29, 0.717) is 23.5 Å². The van der Waals surface area contributed by atoms with Gasteiger partial charge in [-0.2, -0.15) is 0 Å². The van der Waals surface area contributed by atoms with E-state index in [1.54, 1.807) is 24.3 Å². The van der Waals surface area contributed by atoms with Crippen molar-refractivity contribution in [3.05, 3.63) is 71.6 Å². The lowest BCUT2D eigenvalue weighted by atomic mass is 10.2. The van der Waals surface area contributed by atoms with Gasteiger partial charge in [-0.25, -0.2) is 9.37 Å². The Morgan fingerprint density at radius 1 is 1.45 bits per heavy atom. The van der Waals surface area contributed by atoms with Gasteiger partial charge in [-0.05, 0) is 24.3 Å². The van der Waals surface area contributed by atoms with Crippen LogP contribution in [0.2, 0.25) is 0 Å². The van der Waals surface area contributed by atoms with Crippen molar-refractivity contribution in [2.45, 2.75) is 13.3 Å². The lowest BCUT2D eigenvalue weighted by Crippen LogP contribution is -2.24. The summed E-state index contributed by atoms with van der Waals surface area (Å²) in [6.45, 7) is 9.17. The van der Waals surface area contributed by atoms with Gasteiger partial charge in [0, 0.05) is 12.1 Å². The number of allylic oxidation sites excluding steroid dienone is 4. The number of aromatic nitrogens is 2. The van der Waals surface area contributed by atoms with Crippen LogP contribution in [0.1, 0.15) is 12.7 Å². The molecule has 0 bridgehead atoms. The number of aryl methyl sites for hydroxylation is 1. The summed E-state index contributed by atoms with van der Waals surface area (Å²) >= 11 is 0. The Labute approximate surface area is 116 Å². The summed E-state index contributed by atoms with van der Waals surface area (Å²) in [5.41, 5.74) is 0.461. The van der Waals surface area contributed by atoms with Crippen molar-refractivity contribution in [3.8, 4) is 0 Å². The first-order chi connectivity index (χ1) is 9.63. The fourth-order valence-corrected chi connectivity index (χ4v) is 2.09. The van der Waals surface area contributed by atoms with Crippen LogP contribution in [0.15, 0.2) is 54.4 Å². The highest BCUT2D eigenvalue weighted by Crippen LogP contribution is 2.15. The van der Waals surface area contributed by atoms with Crippen molar-refractivity contribution in [3.63, 3.8) is 0 Å². The van der Waals surface area contributed by atoms with Crippen LogP contribution in [0.3, 0.4) is 0 Å². The van der Waals surface area contributed by atoms with Gasteiger partial charge in [-0.3, -0.25) is 9.36 Å². The first-order valence-corrected chi connectivity index (χ1v) is 6.29. The molecule has 0 saturated heterocycles. The topological polar surface area (TPSA) is 34.9 Å². The number of hydrogen-bond acceptors (Lipinski definition) is 2. The molecular weight excluding hydrogens is 255 g/mol. The highest BCUT2D eigenvalue weighted by atomic mass is 19.1. The maximum atomic E-state index is 13.9. The maximum absolute atomic E-state index is 13.9. The number of halogens is 1. The molecule has 0 aliphatic carbocycles. The van der Waals surface area contributed by atoms with Gasteiger partial charge >= 0.3 is 0 Å². The van der Waals surface area contributed by atoms with Crippen LogP contribution >= 0.6 is 0 Å². The number of nitrogens with zero attached hydrogens (tertiary/aromatic N) is 2. The summed E-state index contributed by atoms with van der Waals surface area (Å²) < 4.78 is 15.3. The summed E-state index contributed by atoms with van der Waals surface area (Å²) in [7, 11) is 0. The van der Waals surface area contributed by atoms with E-state index in [9.17, 15) is 9.18 Å².